The Hall–Kier alpha value is -3.15. The van der Waals surface area contributed by atoms with Crippen LogP contribution in [0.1, 0.15) is 30.5 Å². The summed E-state index contributed by atoms with van der Waals surface area (Å²) in [5.41, 5.74) is 2.97. The van der Waals surface area contributed by atoms with Crippen molar-refractivity contribution >= 4 is 22.4 Å². The summed E-state index contributed by atoms with van der Waals surface area (Å²) in [5.74, 6) is -0.204. The van der Waals surface area contributed by atoms with Gasteiger partial charge in [-0.3, -0.25) is 9.59 Å². The molecule has 1 fully saturated rings. The number of nitrogens with one attached hydrogen (secondary N) is 1. The van der Waals surface area contributed by atoms with Crippen molar-refractivity contribution in [3.63, 3.8) is 0 Å². The zero-order valence-corrected chi connectivity index (χ0v) is 17.4. The lowest BCUT2D eigenvalue weighted by Gasteiger charge is -2.28. The highest BCUT2D eigenvalue weighted by atomic mass is 16.2. The number of aryl methyl sites for hydroxylation is 1. The van der Waals surface area contributed by atoms with Crippen LogP contribution in [-0.4, -0.2) is 35.3 Å². The largest absolute Gasteiger partial charge is 0.372 e. The van der Waals surface area contributed by atoms with E-state index in [4.69, 9.17) is 0 Å². The zero-order chi connectivity index (χ0) is 20.9. The second-order valence-corrected chi connectivity index (χ2v) is 7.91. The Kier molecular flexibility index (Phi) is 6.12. The first kappa shape index (κ1) is 20.1. The lowest BCUT2D eigenvalue weighted by molar-refractivity contribution is -0.121. The molecule has 1 amide bonds. The lowest BCUT2D eigenvalue weighted by atomic mass is 10.1. The van der Waals surface area contributed by atoms with Gasteiger partial charge in [-0.1, -0.05) is 30.3 Å². The van der Waals surface area contributed by atoms with E-state index in [0.717, 1.165) is 30.6 Å². The highest BCUT2D eigenvalue weighted by Crippen LogP contribution is 2.20. The van der Waals surface area contributed by atoms with E-state index in [2.05, 4.69) is 39.6 Å². The van der Waals surface area contributed by atoms with Gasteiger partial charge in [0.25, 0.3) is 5.56 Å². The predicted molar refractivity (Wildman–Crippen MR) is 120 cm³/mol. The quantitative estimate of drug-likeness (QED) is 0.686. The van der Waals surface area contributed by atoms with Crippen LogP contribution in [0.2, 0.25) is 0 Å². The standard InChI is InChI=1S/C24H28N4O2/c1-18-21-7-3-4-8-22(21)24(30)28(26-18)17-23(29)25-14-13-19-9-11-20(12-10-19)27-15-5-2-6-16-27/h3-4,7-12H,2,5-6,13-17H2,1H3,(H,25,29). The van der Waals surface area contributed by atoms with Crippen LogP contribution >= 0.6 is 0 Å². The maximum atomic E-state index is 12.6. The van der Waals surface area contributed by atoms with Crippen molar-refractivity contribution in [1.29, 1.82) is 0 Å². The van der Waals surface area contributed by atoms with Crippen molar-refractivity contribution in [1.82, 2.24) is 15.1 Å². The number of hydrogen-bond acceptors (Lipinski definition) is 4. The van der Waals surface area contributed by atoms with E-state index in [1.165, 1.54) is 35.2 Å². The molecule has 6 heteroatoms. The molecule has 3 aromatic rings. The van der Waals surface area contributed by atoms with Crippen molar-refractivity contribution in [2.45, 2.75) is 39.2 Å². The second kappa shape index (κ2) is 9.11. The zero-order valence-electron chi connectivity index (χ0n) is 17.4. The maximum Gasteiger partial charge on any atom is 0.275 e. The van der Waals surface area contributed by atoms with Gasteiger partial charge >= 0.3 is 0 Å². The molecule has 156 valence electrons. The molecule has 4 rings (SSSR count). The normalized spacial score (nSPS) is 14.1. The van der Waals surface area contributed by atoms with Crippen molar-refractivity contribution < 1.29 is 4.79 Å². The summed E-state index contributed by atoms with van der Waals surface area (Å²) in [6.45, 7) is 4.58. The number of rotatable bonds is 6. The number of fused-ring (bicyclic) bond motifs is 1. The monoisotopic (exact) mass is 404 g/mol. The van der Waals surface area contributed by atoms with E-state index in [0.29, 0.717) is 11.9 Å². The number of amides is 1. The number of anilines is 1. The molecule has 0 bridgehead atoms. The Morgan fingerprint density at radius 1 is 1.00 bits per heavy atom. The van der Waals surface area contributed by atoms with Gasteiger partial charge in [0.2, 0.25) is 5.91 Å². The minimum atomic E-state index is -0.236. The van der Waals surface area contributed by atoms with E-state index in [9.17, 15) is 9.59 Å². The summed E-state index contributed by atoms with van der Waals surface area (Å²) in [7, 11) is 0. The first-order valence-electron chi connectivity index (χ1n) is 10.7. The maximum absolute atomic E-state index is 12.6. The van der Waals surface area contributed by atoms with Gasteiger partial charge in [-0.05, 0) is 56.4 Å². The fourth-order valence-electron chi connectivity index (χ4n) is 4.08. The Morgan fingerprint density at radius 3 is 2.43 bits per heavy atom. The minimum Gasteiger partial charge on any atom is -0.372 e. The average Bonchev–Trinajstić information content (AvgIpc) is 2.78. The van der Waals surface area contributed by atoms with Gasteiger partial charge in [-0.2, -0.15) is 5.10 Å². The molecule has 0 unspecified atom stereocenters. The molecule has 1 N–H and O–H groups in total. The summed E-state index contributed by atoms with van der Waals surface area (Å²) in [4.78, 5) is 27.4. The summed E-state index contributed by atoms with van der Waals surface area (Å²) in [6, 6.07) is 16.0. The molecule has 2 aromatic carbocycles. The van der Waals surface area contributed by atoms with E-state index in [-0.39, 0.29) is 18.0 Å². The number of nitrogens with zero attached hydrogens (tertiary/aromatic N) is 3. The molecule has 2 heterocycles. The van der Waals surface area contributed by atoms with Crippen LogP contribution in [0.15, 0.2) is 53.3 Å². The molecule has 30 heavy (non-hydrogen) atoms. The van der Waals surface area contributed by atoms with Gasteiger partial charge in [-0.15, -0.1) is 0 Å². The Balaban J connectivity index is 1.32. The Morgan fingerprint density at radius 2 is 1.70 bits per heavy atom. The molecule has 1 saturated heterocycles. The van der Waals surface area contributed by atoms with Gasteiger partial charge in [0.15, 0.2) is 0 Å². The predicted octanol–water partition coefficient (Wildman–Crippen LogP) is 3.05. The molecule has 0 radical (unpaired) electrons. The molecular formula is C24H28N4O2. The fraction of sp³-hybridized carbons (Fsp3) is 0.375. The number of hydrogen-bond donors (Lipinski definition) is 1. The highest BCUT2D eigenvalue weighted by Gasteiger charge is 2.12. The summed E-state index contributed by atoms with van der Waals surface area (Å²) < 4.78 is 1.25. The molecule has 0 saturated carbocycles. The second-order valence-electron chi connectivity index (χ2n) is 7.91. The van der Waals surface area contributed by atoms with E-state index in [1.807, 2.05) is 25.1 Å². The van der Waals surface area contributed by atoms with Crippen LogP contribution in [0.3, 0.4) is 0 Å². The van der Waals surface area contributed by atoms with Crippen LogP contribution in [0.25, 0.3) is 10.8 Å². The number of carbonyl (C=O) groups excluding carboxylic acids is 1. The summed E-state index contributed by atoms with van der Waals surface area (Å²) in [6.07, 6.45) is 4.62. The van der Waals surface area contributed by atoms with Gasteiger partial charge in [0, 0.05) is 30.7 Å². The van der Waals surface area contributed by atoms with Crippen LogP contribution in [0, 0.1) is 6.92 Å². The third-order valence-electron chi connectivity index (χ3n) is 5.74. The molecular weight excluding hydrogens is 376 g/mol. The summed E-state index contributed by atoms with van der Waals surface area (Å²) in [5, 5.41) is 8.62. The SMILES string of the molecule is Cc1nn(CC(=O)NCCc2ccc(N3CCCCC3)cc2)c(=O)c2ccccc12. The molecule has 0 aliphatic carbocycles. The van der Waals surface area contributed by atoms with E-state index in [1.54, 1.807) is 6.07 Å². The van der Waals surface area contributed by atoms with Crippen molar-refractivity contribution in [3.8, 4) is 0 Å². The van der Waals surface area contributed by atoms with Crippen molar-refractivity contribution in [2.24, 2.45) is 0 Å². The molecule has 1 aliphatic rings. The van der Waals surface area contributed by atoms with Crippen molar-refractivity contribution in [3.05, 3.63) is 70.1 Å². The third kappa shape index (κ3) is 4.53. The molecule has 1 aliphatic heterocycles. The molecule has 0 atom stereocenters. The van der Waals surface area contributed by atoms with Gasteiger partial charge in [0.1, 0.15) is 6.54 Å². The molecule has 6 nitrogen and oxygen atoms in total. The molecule has 1 aromatic heterocycles. The average molecular weight is 405 g/mol. The number of aromatic nitrogens is 2. The fourth-order valence-corrected chi connectivity index (χ4v) is 4.08. The van der Waals surface area contributed by atoms with Crippen molar-refractivity contribution in [2.75, 3.05) is 24.5 Å². The van der Waals surface area contributed by atoms with Gasteiger partial charge in [-0.25, -0.2) is 4.68 Å². The first-order chi connectivity index (χ1) is 14.6. The minimum absolute atomic E-state index is 0.0710. The van der Waals surface area contributed by atoms with Crippen LogP contribution in [0.4, 0.5) is 5.69 Å². The topological polar surface area (TPSA) is 67.2 Å². The number of piperidine rings is 1. The van der Waals surface area contributed by atoms with Gasteiger partial charge in [0.05, 0.1) is 11.1 Å². The first-order valence-corrected chi connectivity index (χ1v) is 10.7. The van der Waals surface area contributed by atoms with Crippen LogP contribution < -0.4 is 15.8 Å². The lowest BCUT2D eigenvalue weighted by Crippen LogP contribution is -2.35. The Labute approximate surface area is 176 Å². The van der Waals surface area contributed by atoms with E-state index >= 15 is 0 Å². The highest BCUT2D eigenvalue weighted by molar-refractivity contribution is 5.83. The Bertz CT molecular complexity index is 1080. The third-order valence-corrected chi connectivity index (χ3v) is 5.74. The van der Waals surface area contributed by atoms with Crippen LogP contribution in [0.5, 0.6) is 0 Å². The molecule has 0 spiro atoms. The van der Waals surface area contributed by atoms with E-state index < -0.39 is 0 Å². The van der Waals surface area contributed by atoms with Gasteiger partial charge < -0.3 is 10.2 Å². The number of benzene rings is 2. The smallest absolute Gasteiger partial charge is 0.275 e. The number of carbonyl (C=O) groups is 1. The van der Waals surface area contributed by atoms with Crippen LogP contribution in [-0.2, 0) is 17.8 Å². The summed E-state index contributed by atoms with van der Waals surface area (Å²) >= 11 is 0.